The minimum absolute atomic E-state index is 0.150. The monoisotopic (exact) mass is 246 g/mol. The van der Waals surface area contributed by atoms with E-state index in [-0.39, 0.29) is 12.4 Å². The average Bonchev–Trinajstić information content (AvgIpc) is 2.22. The molecule has 1 aromatic rings. The first-order chi connectivity index (χ1) is 7.59. The third kappa shape index (κ3) is 4.46. The number of nitrogens with two attached hydrogens (primary N) is 1. The topological polar surface area (TPSA) is 64.4 Å². The van der Waals surface area contributed by atoms with Crippen LogP contribution in [0.25, 0.3) is 0 Å². The van der Waals surface area contributed by atoms with Crippen LogP contribution >= 0.6 is 11.6 Å². The summed E-state index contributed by atoms with van der Waals surface area (Å²) < 4.78 is 17.7. The second kappa shape index (κ2) is 6.30. The van der Waals surface area contributed by atoms with Crippen molar-refractivity contribution >= 4 is 17.7 Å². The van der Waals surface area contributed by atoms with Crippen molar-refractivity contribution in [2.45, 2.75) is 6.54 Å². The van der Waals surface area contributed by atoms with E-state index in [1.807, 2.05) is 0 Å². The number of benzene rings is 1. The van der Waals surface area contributed by atoms with Crippen molar-refractivity contribution in [2.75, 3.05) is 13.2 Å². The number of amides is 1. The summed E-state index contributed by atoms with van der Waals surface area (Å²) in [7, 11) is 0. The number of carbonyl (C=O) groups excluding carboxylic acids is 1. The molecule has 0 fully saturated rings. The fourth-order valence-corrected chi connectivity index (χ4v) is 1.32. The molecule has 3 N–H and O–H groups in total. The van der Waals surface area contributed by atoms with Crippen LogP contribution in [0.2, 0.25) is 5.02 Å². The molecular weight excluding hydrogens is 235 g/mol. The van der Waals surface area contributed by atoms with Crippen molar-refractivity contribution in [3.05, 3.63) is 34.6 Å². The highest BCUT2D eigenvalue weighted by molar-refractivity contribution is 6.30. The first kappa shape index (κ1) is 12.7. The second-order valence-electron chi connectivity index (χ2n) is 3.08. The first-order valence-electron chi connectivity index (χ1n) is 4.66. The number of hydrogen-bond donors (Lipinski definition) is 2. The van der Waals surface area contributed by atoms with E-state index in [1.165, 1.54) is 12.1 Å². The van der Waals surface area contributed by atoms with E-state index in [0.29, 0.717) is 23.7 Å². The zero-order valence-corrected chi connectivity index (χ0v) is 9.26. The third-order valence-corrected chi connectivity index (χ3v) is 2.08. The summed E-state index contributed by atoms with van der Waals surface area (Å²) in [6.07, 6.45) is -0.823. The van der Waals surface area contributed by atoms with E-state index in [4.69, 9.17) is 17.3 Å². The smallest absolute Gasteiger partial charge is 0.404 e. The van der Waals surface area contributed by atoms with Crippen LogP contribution in [0.3, 0.4) is 0 Å². The molecule has 88 valence electrons. The Morgan fingerprint density at radius 3 is 3.00 bits per heavy atom. The highest BCUT2D eigenvalue weighted by atomic mass is 35.5. The van der Waals surface area contributed by atoms with Crippen LogP contribution in [0.4, 0.5) is 9.18 Å². The molecular formula is C10H12ClFN2O2. The quantitative estimate of drug-likeness (QED) is 0.777. The molecule has 0 aliphatic rings. The molecule has 0 unspecified atom stereocenters. The molecule has 0 heterocycles. The van der Waals surface area contributed by atoms with Gasteiger partial charge < -0.3 is 15.8 Å². The molecule has 6 heteroatoms. The number of primary amides is 1. The lowest BCUT2D eigenvalue weighted by molar-refractivity contribution is 0.157. The summed E-state index contributed by atoms with van der Waals surface area (Å²) in [5, 5.41) is 3.37. The number of carbonyl (C=O) groups is 1. The Labute approximate surface area is 97.5 Å². The van der Waals surface area contributed by atoms with Crippen molar-refractivity contribution in [1.29, 1.82) is 0 Å². The van der Waals surface area contributed by atoms with Crippen molar-refractivity contribution < 1.29 is 13.9 Å². The Balaban J connectivity index is 2.31. The third-order valence-electron chi connectivity index (χ3n) is 1.85. The zero-order chi connectivity index (χ0) is 12.0. The molecule has 0 radical (unpaired) electrons. The molecule has 0 aliphatic carbocycles. The van der Waals surface area contributed by atoms with Crippen molar-refractivity contribution in [3.8, 4) is 0 Å². The lowest BCUT2D eigenvalue weighted by Crippen LogP contribution is -2.23. The maximum atomic E-state index is 13.2. The van der Waals surface area contributed by atoms with Gasteiger partial charge in [-0.15, -0.1) is 0 Å². The van der Waals surface area contributed by atoms with Crippen molar-refractivity contribution in [1.82, 2.24) is 5.32 Å². The average molecular weight is 247 g/mol. The van der Waals surface area contributed by atoms with E-state index < -0.39 is 6.09 Å². The Kier molecular flexibility index (Phi) is 5.01. The summed E-state index contributed by atoms with van der Waals surface area (Å²) >= 11 is 5.72. The predicted molar refractivity (Wildman–Crippen MR) is 58.7 cm³/mol. The van der Waals surface area contributed by atoms with Crippen molar-refractivity contribution in [2.24, 2.45) is 5.73 Å². The lowest BCUT2D eigenvalue weighted by atomic mass is 10.2. The Bertz CT molecular complexity index is 374. The van der Waals surface area contributed by atoms with Crippen molar-refractivity contribution in [3.63, 3.8) is 0 Å². The van der Waals surface area contributed by atoms with Gasteiger partial charge in [0.1, 0.15) is 12.4 Å². The van der Waals surface area contributed by atoms with Gasteiger partial charge in [-0.2, -0.15) is 0 Å². The maximum absolute atomic E-state index is 13.2. The number of hydrogen-bond acceptors (Lipinski definition) is 3. The van der Waals surface area contributed by atoms with E-state index in [9.17, 15) is 9.18 Å². The number of halogens is 2. The Hall–Kier alpha value is -1.33. The van der Waals surface area contributed by atoms with Crippen LogP contribution in [-0.4, -0.2) is 19.2 Å². The van der Waals surface area contributed by atoms with Crippen LogP contribution in [0.15, 0.2) is 18.2 Å². The van der Waals surface area contributed by atoms with Gasteiger partial charge in [0, 0.05) is 23.7 Å². The first-order valence-corrected chi connectivity index (χ1v) is 5.04. The van der Waals surface area contributed by atoms with Gasteiger partial charge in [-0.3, -0.25) is 0 Å². The summed E-state index contributed by atoms with van der Waals surface area (Å²) in [6.45, 7) is 0.862. The van der Waals surface area contributed by atoms with Gasteiger partial charge in [0.25, 0.3) is 0 Å². The van der Waals surface area contributed by atoms with Crippen LogP contribution in [0.1, 0.15) is 5.56 Å². The number of ether oxygens (including phenoxy) is 1. The molecule has 0 aliphatic heterocycles. The Morgan fingerprint density at radius 1 is 1.56 bits per heavy atom. The van der Waals surface area contributed by atoms with Gasteiger partial charge in [0.2, 0.25) is 0 Å². The molecule has 1 amide bonds. The highest BCUT2D eigenvalue weighted by Gasteiger charge is 2.02. The van der Waals surface area contributed by atoms with Crippen LogP contribution in [0.5, 0.6) is 0 Å². The molecule has 0 bridgehead atoms. The molecule has 16 heavy (non-hydrogen) atoms. The molecule has 0 aromatic heterocycles. The summed E-state index contributed by atoms with van der Waals surface area (Å²) in [6, 6.07) is 4.33. The molecule has 0 saturated heterocycles. The van der Waals surface area contributed by atoms with Gasteiger partial charge in [-0.1, -0.05) is 11.6 Å². The Morgan fingerprint density at radius 2 is 2.31 bits per heavy atom. The van der Waals surface area contributed by atoms with Crippen LogP contribution in [-0.2, 0) is 11.3 Å². The summed E-state index contributed by atoms with van der Waals surface area (Å²) in [4.78, 5) is 10.2. The van der Waals surface area contributed by atoms with Gasteiger partial charge in [-0.25, -0.2) is 9.18 Å². The van der Waals surface area contributed by atoms with E-state index in [0.717, 1.165) is 0 Å². The van der Waals surface area contributed by atoms with E-state index in [2.05, 4.69) is 10.1 Å². The van der Waals surface area contributed by atoms with Gasteiger partial charge in [0.05, 0.1) is 0 Å². The minimum atomic E-state index is -0.823. The number of nitrogens with one attached hydrogen (secondary N) is 1. The summed E-state index contributed by atoms with van der Waals surface area (Å²) in [5.41, 5.74) is 5.23. The molecule has 1 aromatic carbocycles. The zero-order valence-electron chi connectivity index (χ0n) is 8.50. The molecule has 0 saturated carbocycles. The van der Waals surface area contributed by atoms with Crippen LogP contribution in [0, 0.1) is 5.82 Å². The summed E-state index contributed by atoms with van der Waals surface area (Å²) in [5.74, 6) is -0.326. The molecule has 0 spiro atoms. The predicted octanol–water partition coefficient (Wildman–Crippen LogP) is 1.66. The SMILES string of the molecule is NC(=O)OCCNCc1cc(Cl)ccc1F. The fourth-order valence-electron chi connectivity index (χ4n) is 1.13. The van der Waals surface area contributed by atoms with E-state index in [1.54, 1.807) is 6.07 Å². The molecule has 1 rings (SSSR count). The minimum Gasteiger partial charge on any atom is -0.448 e. The standard InChI is InChI=1S/C10H12ClFN2O2/c11-8-1-2-9(12)7(5-8)6-14-3-4-16-10(13)15/h1-2,5,14H,3-4,6H2,(H2,13,15). The fraction of sp³-hybridized carbons (Fsp3) is 0.300. The van der Waals surface area contributed by atoms with Gasteiger partial charge in [-0.05, 0) is 18.2 Å². The second-order valence-corrected chi connectivity index (χ2v) is 3.52. The normalized spacial score (nSPS) is 10.1. The highest BCUT2D eigenvalue weighted by Crippen LogP contribution is 2.14. The van der Waals surface area contributed by atoms with E-state index >= 15 is 0 Å². The molecule has 0 atom stereocenters. The molecule has 4 nitrogen and oxygen atoms in total. The maximum Gasteiger partial charge on any atom is 0.404 e. The van der Waals surface area contributed by atoms with Gasteiger partial charge >= 0.3 is 6.09 Å². The van der Waals surface area contributed by atoms with Gasteiger partial charge in [0.15, 0.2) is 0 Å². The number of rotatable bonds is 5. The lowest BCUT2D eigenvalue weighted by Gasteiger charge is -2.06. The van der Waals surface area contributed by atoms with Crippen LogP contribution < -0.4 is 11.1 Å². The largest absolute Gasteiger partial charge is 0.448 e.